The SMILES string of the molecule is COc1cccc(NC(=O)[C@@H](Sc2ccc(S(=O)(=O)N3CCCCC3)cn2)c2ccccc2)c1. The molecule has 0 radical (unpaired) electrons. The number of piperidine rings is 1. The molecule has 2 heterocycles. The first-order chi connectivity index (χ1) is 16.5. The lowest BCUT2D eigenvalue weighted by Gasteiger charge is -2.25. The van der Waals surface area contributed by atoms with E-state index in [9.17, 15) is 13.2 Å². The molecule has 2 aromatic carbocycles. The van der Waals surface area contributed by atoms with E-state index in [0.29, 0.717) is 29.6 Å². The summed E-state index contributed by atoms with van der Waals surface area (Å²) in [5, 5.41) is 2.93. The molecular weight excluding hydrogens is 470 g/mol. The molecule has 1 atom stereocenters. The van der Waals surface area contributed by atoms with Crippen molar-refractivity contribution in [1.29, 1.82) is 0 Å². The van der Waals surface area contributed by atoms with Crippen molar-refractivity contribution in [2.75, 3.05) is 25.5 Å². The Bertz CT molecular complexity index is 1210. The first kappa shape index (κ1) is 24.3. The fourth-order valence-electron chi connectivity index (χ4n) is 3.77. The Kier molecular flexibility index (Phi) is 7.87. The second kappa shape index (κ2) is 11.0. The summed E-state index contributed by atoms with van der Waals surface area (Å²) in [7, 11) is -1.98. The van der Waals surface area contributed by atoms with Crippen LogP contribution in [0.1, 0.15) is 30.1 Å². The highest BCUT2D eigenvalue weighted by Gasteiger charge is 2.27. The van der Waals surface area contributed by atoms with Gasteiger partial charge in [-0.2, -0.15) is 4.31 Å². The van der Waals surface area contributed by atoms with Gasteiger partial charge in [0.05, 0.1) is 12.1 Å². The molecule has 1 amide bonds. The zero-order valence-electron chi connectivity index (χ0n) is 18.9. The normalized spacial score (nSPS) is 15.4. The van der Waals surface area contributed by atoms with Crippen LogP contribution in [-0.4, -0.2) is 43.8 Å². The van der Waals surface area contributed by atoms with Gasteiger partial charge in [0.25, 0.3) is 0 Å². The van der Waals surface area contributed by atoms with Gasteiger partial charge in [0, 0.05) is 31.0 Å². The van der Waals surface area contributed by atoms with E-state index in [4.69, 9.17) is 4.74 Å². The number of sulfonamides is 1. The third-order valence-electron chi connectivity index (χ3n) is 5.58. The fraction of sp³-hybridized carbons (Fsp3) is 0.280. The Labute approximate surface area is 204 Å². The van der Waals surface area contributed by atoms with Crippen molar-refractivity contribution < 1.29 is 17.9 Å². The van der Waals surface area contributed by atoms with Gasteiger partial charge in [-0.05, 0) is 42.7 Å². The minimum Gasteiger partial charge on any atom is -0.497 e. The topological polar surface area (TPSA) is 88.6 Å². The molecule has 1 N–H and O–H groups in total. The maximum Gasteiger partial charge on any atom is 0.244 e. The molecule has 0 aliphatic carbocycles. The van der Waals surface area contributed by atoms with Crippen molar-refractivity contribution in [3.05, 3.63) is 78.5 Å². The summed E-state index contributed by atoms with van der Waals surface area (Å²) < 4.78 is 32.6. The second-order valence-corrected chi connectivity index (χ2v) is 11.0. The van der Waals surface area contributed by atoms with Crippen LogP contribution < -0.4 is 10.1 Å². The van der Waals surface area contributed by atoms with Crippen LogP contribution in [0.15, 0.2) is 82.8 Å². The van der Waals surface area contributed by atoms with Gasteiger partial charge < -0.3 is 10.1 Å². The summed E-state index contributed by atoms with van der Waals surface area (Å²) in [6.45, 7) is 1.08. The van der Waals surface area contributed by atoms with E-state index >= 15 is 0 Å². The lowest BCUT2D eigenvalue weighted by Crippen LogP contribution is -2.35. The van der Waals surface area contributed by atoms with Crippen LogP contribution >= 0.6 is 11.8 Å². The van der Waals surface area contributed by atoms with Crippen molar-refractivity contribution in [2.45, 2.75) is 34.4 Å². The fourth-order valence-corrected chi connectivity index (χ4v) is 6.20. The van der Waals surface area contributed by atoms with Crippen molar-refractivity contribution in [3.8, 4) is 5.75 Å². The van der Waals surface area contributed by atoms with Crippen molar-refractivity contribution in [3.63, 3.8) is 0 Å². The van der Waals surface area contributed by atoms with E-state index in [2.05, 4.69) is 10.3 Å². The van der Waals surface area contributed by atoms with Crippen LogP contribution in [0.4, 0.5) is 5.69 Å². The summed E-state index contributed by atoms with van der Waals surface area (Å²) in [5.74, 6) is 0.435. The number of aromatic nitrogens is 1. The number of nitrogens with zero attached hydrogens (tertiary/aromatic N) is 2. The van der Waals surface area contributed by atoms with Crippen molar-refractivity contribution in [1.82, 2.24) is 9.29 Å². The van der Waals surface area contributed by atoms with Crippen LogP contribution in [0.3, 0.4) is 0 Å². The highest BCUT2D eigenvalue weighted by molar-refractivity contribution is 8.00. The molecule has 178 valence electrons. The van der Waals surface area contributed by atoms with E-state index in [-0.39, 0.29) is 10.8 Å². The average molecular weight is 498 g/mol. The minimum absolute atomic E-state index is 0.177. The van der Waals surface area contributed by atoms with Gasteiger partial charge in [0.15, 0.2) is 0 Å². The number of anilines is 1. The molecule has 1 fully saturated rings. The molecule has 1 aliphatic rings. The Morgan fingerprint density at radius 2 is 1.79 bits per heavy atom. The number of hydrogen-bond donors (Lipinski definition) is 1. The molecule has 1 aromatic heterocycles. The summed E-state index contributed by atoms with van der Waals surface area (Å²) >= 11 is 1.27. The lowest BCUT2D eigenvalue weighted by molar-refractivity contribution is -0.115. The Morgan fingerprint density at radius 1 is 1.03 bits per heavy atom. The minimum atomic E-state index is -3.55. The second-order valence-electron chi connectivity index (χ2n) is 7.93. The molecule has 0 spiro atoms. The maximum absolute atomic E-state index is 13.2. The van der Waals surface area contributed by atoms with Gasteiger partial charge in [-0.15, -0.1) is 0 Å². The number of ether oxygens (including phenoxy) is 1. The highest BCUT2D eigenvalue weighted by Crippen LogP contribution is 2.36. The Hall–Kier alpha value is -2.88. The smallest absolute Gasteiger partial charge is 0.244 e. The number of benzene rings is 2. The van der Waals surface area contributed by atoms with Gasteiger partial charge in [-0.1, -0.05) is 54.6 Å². The van der Waals surface area contributed by atoms with E-state index in [0.717, 1.165) is 24.8 Å². The maximum atomic E-state index is 13.2. The summed E-state index contributed by atoms with van der Waals surface area (Å²) in [4.78, 5) is 17.8. The van der Waals surface area contributed by atoms with Crippen LogP contribution in [-0.2, 0) is 14.8 Å². The summed E-state index contributed by atoms with van der Waals surface area (Å²) in [6.07, 6.45) is 4.19. The number of hydrogen-bond acceptors (Lipinski definition) is 6. The molecule has 0 unspecified atom stereocenters. The van der Waals surface area contributed by atoms with Gasteiger partial charge in [-0.25, -0.2) is 13.4 Å². The van der Waals surface area contributed by atoms with E-state index in [1.807, 2.05) is 42.5 Å². The van der Waals surface area contributed by atoms with Crippen LogP contribution in [0, 0.1) is 0 Å². The average Bonchev–Trinajstić information content (AvgIpc) is 2.88. The third kappa shape index (κ3) is 5.78. The first-order valence-corrected chi connectivity index (χ1v) is 13.4. The van der Waals surface area contributed by atoms with Gasteiger partial charge in [0.2, 0.25) is 15.9 Å². The number of pyridine rings is 1. The summed E-state index contributed by atoms with van der Waals surface area (Å²) in [6, 6.07) is 19.8. The molecule has 9 heteroatoms. The van der Waals surface area contributed by atoms with Gasteiger partial charge in [-0.3, -0.25) is 4.79 Å². The number of nitrogens with one attached hydrogen (secondary N) is 1. The molecule has 34 heavy (non-hydrogen) atoms. The highest BCUT2D eigenvalue weighted by atomic mass is 32.2. The number of thioether (sulfide) groups is 1. The van der Waals surface area contributed by atoms with E-state index in [1.54, 1.807) is 31.4 Å². The number of methoxy groups -OCH3 is 1. The molecule has 0 saturated carbocycles. The first-order valence-electron chi connectivity index (χ1n) is 11.1. The zero-order valence-corrected chi connectivity index (χ0v) is 20.5. The van der Waals surface area contributed by atoms with Crippen LogP contribution in [0.5, 0.6) is 5.75 Å². The van der Waals surface area contributed by atoms with Crippen LogP contribution in [0.25, 0.3) is 0 Å². The van der Waals surface area contributed by atoms with Gasteiger partial charge >= 0.3 is 0 Å². The quantitative estimate of drug-likeness (QED) is 0.453. The summed E-state index contributed by atoms with van der Waals surface area (Å²) in [5.41, 5.74) is 1.45. The third-order valence-corrected chi connectivity index (χ3v) is 8.67. The molecule has 7 nitrogen and oxygen atoms in total. The molecule has 1 aliphatic heterocycles. The number of rotatable bonds is 8. The molecule has 0 bridgehead atoms. The number of carbonyl (C=O) groups excluding carboxylic acids is 1. The van der Waals surface area contributed by atoms with Gasteiger partial charge in [0.1, 0.15) is 15.9 Å². The van der Waals surface area contributed by atoms with Crippen molar-refractivity contribution >= 4 is 33.4 Å². The standard InChI is InChI=1S/C25H27N3O4S2/c1-32-21-12-8-11-20(17-21)27-25(29)24(19-9-4-2-5-10-19)33-23-14-13-22(18-26-23)34(30,31)28-15-6-3-7-16-28/h2,4-5,8-14,17-18,24H,3,6-7,15-16H2,1H3,(H,27,29)/t24-/m0/s1. The lowest BCUT2D eigenvalue weighted by atomic mass is 10.1. The Balaban J connectivity index is 1.54. The predicted molar refractivity (Wildman–Crippen MR) is 134 cm³/mol. The molecular formula is C25H27N3O4S2. The van der Waals surface area contributed by atoms with Crippen molar-refractivity contribution in [2.24, 2.45) is 0 Å². The number of amides is 1. The Morgan fingerprint density at radius 3 is 2.47 bits per heavy atom. The molecule has 1 saturated heterocycles. The predicted octanol–water partition coefficient (Wildman–Crippen LogP) is 4.74. The van der Waals surface area contributed by atoms with Crippen LogP contribution in [0.2, 0.25) is 0 Å². The van der Waals surface area contributed by atoms with E-state index in [1.165, 1.54) is 22.3 Å². The monoisotopic (exact) mass is 497 g/mol. The molecule has 3 aromatic rings. The number of carbonyl (C=O) groups is 1. The largest absolute Gasteiger partial charge is 0.497 e. The molecule has 4 rings (SSSR count). The van der Waals surface area contributed by atoms with E-state index < -0.39 is 15.3 Å². The zero-order chi connectivity index (χ0) is 24.0.